The molecule has 0 saturated carbocycles. The van der Waals surface area contributed by atoms with Gasteiger partial charge < -0.3 is 24.5 Å². The Morgan fingerprint density at radius 2 is 2.07 bits per heavy atom. The molecule has 1 atom stereocenters. The van der Waals surface area contributed by atoms with Crippen molar-refractivity contribution in [1.82, 2.24) is 9.88 Å². The van der Waals surface area contributed by atoms with E-state index in [1.54, 1.807) is 19.2 Å². The number of hydrogen-bond donors (Lipinski definition) is 2. The Morgan fingerprint density at radius 1 is 1.29 bits per heavy atom. The number of hydrogen-bond acceptors (Lipinski definition) is 4. The minimum atomic E-state index is -0.275. The normalized spacial score (nSPS) is 16.0. The molecule has 1 aliphatic heterocycles. The predicted octanol–water partition coefficient (Wildman–Crippen LogP) is 3.34. The number of aromatic nitrogens is 1. The molecule has 2 aromatic carbocycles. The summed E-state index contributed by atoms with van der Waals surface area (Å²) < 4.78 is 5.26. The third kappa shape index (κ3) is 3.11. The van der Waals surface area contributed by atoms with Gasteiger partial charge in [-0.2, -0.15) is 0 Å². The predicted molar refractivity (Wildman–Crippen MR) is 106 cm³/mol. The molecular weight excluding hydrogens is 356 g/mol. The fourth-order valence-electron chi connectivity index (χ4n) is 4.00. The van der Waals surface area contributed by atoms with E-state index in [4.69, 9.17) is 4.74 Å². The first kappa shape index (κ1) is 18.1. The van der Waals surface area contributed by atoms with Gasteiger partial charge in [-0.05, 0) is 47.9 Å². The van der Waals surface area contributed by atoms with Gasteiger partial charge in [0.05, 0.1) is 13.2 Å². The molecular formula is C22H22N2O4. The molecule has 0 saturated heterocycles. The van der Waals surface area contributed by atoms with Crippen molar-refractivity contribution in [3.05, 3.63) is 59.3 Å². The van der Waals surface area contributed by atoms with Crippen LogP contribution in [-0.2, 0) is 16.0 Å². The lowest BCUT2D eigenvalue weighted by Crippen LogP contribution is -2.40. The number of phenolic OH excluding ortho intramolecular Hbond substituents is 1. The second-order valence-electron chi connectivity index (χ2n) is 6.97. The van der Waals surface area contributed by atoms with Crippen LogP contribution in [0, 0.1) is 0 Å². The lowest BCUT2D eigenvalue weighted by atomic mass is 9.92. The van der Waals surface area contributed by atoms with Crippen molar-refractivity contribution in [1.29, 1.82) is 0 Å². The van der Waals surface area contributed by atoms with Crippen LogP contribution < -0.4 is 4.74 Å². The minimum absolute atomic E-state index is 0.0416. The summed E-state index contributed by atoms with van der Waals surface area (Å²) in [5, 5.41) is 10.9. The van der Waals surface area contributed by atoms with Crippen LogP contribution in [0.4, 0.5) is 0 Å². The molecule has 1 unspecified atom stereocenters. The molecule has 1 aliphatic rings. The Morgan fingerprint density at radius 3 is 2.79 bits per heavy atom. The van der Waals surface area contributed by atoms with Crippen molar-refractivity contribution in [3.8, 4) is 11.5 Å². The lowest BCUT2D eigenvalue weighted by Gasteiger charge is -2.36. The van der Waals surface area contributed by atoms with Crippen LogP contribution in [0.5, 0.6) is 11.5 Å². The number of aromatic hydroxyl groups is 1. The van der Waals surface area contributed by atoms with Crippen molar-refractivity contribution >= 4 is 23.1 Å². The topological polar surface area (TPSA) is 82.6 Å². The van der Waals surface area contributed by atoms with Crippen LogP contribution in [0.25, 0.3) is 10.9 Å². The van der Waals surface area contributed by atoms with Gasteiger partial charge in [0.25, 0.3) is 0 Å². The van der Waals surface area contributed by atoms with E-state index in [1.807, 2.05) is 35.2 Å². The minimum Gasteiger partial charge on any atom is -0.508 e. The number of carbonyl (C=O) groups excluding carboxylic acids is 2. The molecule has 28 heavy (non-hydrogen) atoms. The second-order valence-corrected chi connectivity index (χ2v) is 6.97. The fourth-order valence-corrected chi connectivity index (χ4v) is 4.00. The molecule has 0 fully saturated rings. The van der Waals surface area contributed by atoms with Gasteiger partial charge in [-0.3, -0.25) is 4.79 Å². The number of fused-ring (bicyclic) bond motifs is 3. The van der Waals surface area contributed by atoms with Gasteiger partial charge >= 0.3 is 0 Å². The Kier molecular flexibility index (Phi) is 4.77. The Labute approximate surface area is 162 Å². The number of benzene rings is 2. The van der Waals surface area contributed by atoms with Gasteiger partial charge in [-0.15, -0.1) is 0 Å². The standard InChI is InChI=1S/C22H22N2O4/c1-28-16-7-4-14(5-8-16)22-21-17(10-11-24(22)20(27)3-2-12-25)18-13-15(26)6-9-19(18)23-21/h4-9,12-13,22-23,26H,2-3,10-11H2,1H3. The van der Waals surface area contributed by atoms with Gasteiger partial charge in [-0.25, -0.2) is 0 Å². The number of ether oxygens (including phenoxy) is 1. The van der Waals surface area contributed by atoms with E-state index in [9.17, 15) is 14.7 Å². The van der Waals surface area contributed by atoms with Crippen LogP contribution in [0.3, 0.4) is 0 Å². The van der Waals surface area contributed by atoms with Crippen molar-refractivity contribution in [3.63, 3.8) is 0 Å². The van der Waals surface area contributed by atoms with Crippen molar-refractivity contribution < 1.29 is 19.4 Å². The fraction of sp³-hybridized carbons (Fsp3) is 0.273. The summed E-state index contributed by atoms with van der Waals surface area (Å²) in [5.74, 6) is 0.931. The maximum absolute atomic E-state index is 12.8. The smallest absolute Gasteiger partial charge is 0.223 e. The third-order valence-corrected chi connectivity index (χ3v) is 5.34. The number of nitrogens with one attached hydrogen (secondary N) is 1. The highest BCUT2D eigenvalue weighted by molar-refractivity contribution is 5.88. The largest absolute Gasteiger partial charge is 0.508 e. The molecule has 0 spiro atoms. The molecule has 2 heterocycles. The Balaban J connectivity index is 1.83. The van der Waals surface area contributed by atoms with E-state index < -0.39 is 0 Å². The summed E-state index contributed by atoms with van der Waals surface area (Å²) in [5.41, 5.74) is 3.98. The van der Waals surface area contributed by atoms with E-state index in [-0.39, 0.29) is 30.5 Å². The molecule has 144 valence electrons. The number of nitrogens with zero attached hydrogens (tertiary/aromatic N) is 1. The van der Waals surface area contributed by atoms with Crippen LogP contribution in [-0.4, -0.2) is 40.8 Å². The van der Waals surface area contributed by atoms with Gasteiger partial charge in [0.2, 0.25) is 5.91 Å². The summed E-state index contributed by atoms with van der Waals surface area (Å²) >= 11 is 0. The molecule has 0 bridgehead atoms. The summed E-state index contributed by atoms with van der Waals surface area (Å²) in [6.45, 7) is 0.560. The zero-order chi connectivity index (χ0) is 19.7. The SMILES string of the molecule is COc1ccc(C2c3[nH]c4ccc(O)cc4c3CCN2C(=O)CCC=O)cc1. The lowest BCUT2D eigenvalue weighted by molar-refractivity contribution is -0.134. The number of H-pyrrole nitrogens is 1. The van der Waals surface area contributed by atoms with Crippen LogP contribution in [0.2, 0.25) is 0 Å². The van der Waals surface area contributed by atoms with Gasteiger partial charge in [-0.1, -0.05) is 12.1 Å². The molecule has 0 radical (unpaired) electrons. The van der Waals surface area contributed by atoms with Crippen LogP contribution >= 0.6 is 0 Å². The number of rotatable bonds is 5. The number of methoxy groups -OCH3 is 1. The third-order valence-electron chi connectivity index (χ3n) is 5.34. The van der Waals surface area contributed by atoms with E-state index in [2.05, 4.69) is 4.98 Å². The first-order chi connectivity index (χ1) is 13.6. The Bertz CT molecular complexity index is 1020. The zero-order valence-electron chi connectivity index (χ0n) is 15.6. The maximum atomic E-state index is 12.8. The average Bonchev–Trinajstić information content (AvgIpc) is 3.09. The number of carbonyl (C=O) groups is 2. The molecule has 1 aromatic heterocycles. The van der Waals surface area contributed by atoms with E-state index in [0.29, 0.717) is 13.0 Å². The van der Waals surface area contributed by atoms with Crippen molar-refractivity contribution in [2.45, 2.75) is 25.3 Å². The molecule has 6 nitrogen and oxygen atoms in total. The average molecular weight is 378 g/mol. The molecule has 6 heteroatoms. The maximum Gasteiger partial charge on any atom is 0.223 e. The van der Waals surface area contributed by atoms with Crippen molar-refractivity contribution in [2.75, 3.05) is 13.7 Å². The van der Waals surface area contributed by atoms with E-state index >= 15 is 0 Å². The summed E-state index contributed by atoms with van der Waals surface area (Å²) in [4.78, 5) is 28.9. The van der Waals surface area contributed by atoms with Crippen molar-refractivity contribution in [2.24, 2.45) is 0 Å². The summed E-state index contributed by atoms with van der Waals surface area (Å²) in [6, 6.07) is 12.7. The quantitative estimate of drug-likeness (QED) is 0.667. The van der Waals surface area contributed by atoms with Crippen LogP contribution in [0.15, 0.2) is 42.5 Å². The first-order valence-corrected chi connectivity index (χ1v) is 9.33. The molecule has 3 aromatic rings. The number of aldehydes is 1. The zero-order valence-corrected chi connectivity index (χ0v) is 15.6. The number of amides is 1. The summed E-state index contributed by atoms with van der Waals surface area (Å²) in [6.07, 6.45) is 1.89. The van der Waals surface area contributed by atoms with Gasteiger partial charge in [0.1, 0.15) is 17.8 Å². The molecule has 0 aliphatic carbocycles. The first-order valence-electron chi connectivity index (χ1n) is 9.33. The Hall–Kier alpha value is -3.28. The van der Waals surface area contributed by atoms with Gasteiger partial charge in [0, 0.05) is 36.0 Å². The van der Waals surface area contributed by atoms with E-state index in [1.165, 1.54) is 0 Å². The highest BCUT2D eigenvalue weighted by Crippen LogP contribution is 2.39. The number of aromatic amines is 1. The number of phenols is 1. The highest BCUT2D eigenvalue weighted by Gasteiger charge is 2.34. The molecule has 4 rings (SSSR count). The monoisotopic (exact) mass is 378 g/mol. The second kappa shape index (κ2) is 7.38. The van der Waals surface area contributed by atoms with Gasteiger partial charge in [0.15, 0.2) is 0 Å². The molecule has 1 amide bonds. The van der Waals surface area contributed by atoms with Crippen LogP contribution in [0.1, 0.15) is 35.7 Å². The molecule has 2 N–H and O–H groups in total. The summed E-state index contributed by atoms with van der Waals surface area (Å²) in [7, 11) is 1.62. The highest BCUT2D eigenvalue weighted by atomic mass is 16.5. The van der Waals surface area contributed by atoms with E-state index in [0.717, 1.165) is 39.8 Å².